The zero-order valence-electron chi connectivity index (χ0n) is 28.5. The van der Waals surface area contributed by atoms with E-state index in [1.54, 1.807) is 57.2 Å². The summed E-state index contributed by atoms with van der Waals surface area (Å²) in [6, 6.07) is 17.2. The van der Waals surface area contributed by atoms with Crippen molar-refractivity contribution >= 4 is 46.8 Å². The van der Waals surface area contributed by atoms with Crippen LogP contribution >= 0.6 is 11.6 Å². The number of aromatic nitrogens is 3. The summed E-state index contributed by atoms with van der Waals surface area (Å²) in [4.78, 5) is 50.1. The van der Waals surface area contributed by atoms with Crippen molar-refractivity contribution in [3.8, 4) is 6.01 Å². The number of nitrogens with zero attached hydrogens (tertiary/aromatic N) is 3. The predicted molar refractivity (Wildman–Crippen MR) is 186 cm³/mol. The van der Waals surface area contributed by atoms with Crippen LogP contribution in [0.2, 0.25) is 5.02 Å². The van der Waals surface area contributed by atoms with Crippen molar-refractivity contribution < 1.29 is 36.7 Å². The van der Waals surface area contributed by atoms with Gasteiger partial charge in [-0.15, -0.1) is 0 Å². The molecular formula is C36H36ClF4N7O4. The van der Waals surface area contributed by atoms with Gasteiger partial charge in [-0.25, -0.2) is 4.39 Å². The van der Waals surface area contributed by atoms with Crippen molar-refractivity contribution in [3.05, 3.63) is 99.8 Å². The summed E-state index contributed by atoms with van der Waals surface area (Å²) in [5, 5.41) is 12.1. The number of hydrogen-bond acceptors (Lipinski definition) is 9. The lowest BCUT2D eigenvalue weighted by atomic mass is 9.93. The van der Waals surface area contributed by atoms with Crippen LogP contribution in [0, 0.1) is 18.2 Å². The molecule has 16 heteroatoms. The van der Waals surface area contributed by atoms with E-state index < -0.39 is 53.2 Å². The van der Waals surface area contributed by atoms with Crippen LogP contribution in [0.5, 0.6) is 6.01 Å². The number of hydrogen-bond donors (Lipinski definition) is 4. The average Bonchev–Trinajstić information content (AvgIpc) is 3.87. The first-order valence-electron chi connectivity index (χ1n) is 16.2. The zero-order valence-corrected chi connectivity index (χ0v) is 29.2. The number of anilines is 3. The van der Waals surface area contributed by atoms with Crippen molar-refractivity contribution in [1.82, 2.24) is 25.6 Å². The van der Waals surface area contributed by atoms with E-state index in [0.29, 0.717) is 27.4 Å². The molecule has 0 unspecified atom stereocenters. The van der Waals surface area contributed by atoms with E-state index in [1.165, 1.54) is 18.2 Å². The molecule has 1 saturated carbocycles. The van der Waals surface area contributed by atoms with Crippen LogP contribution in [0.4, 0.5) is 35.1 Å². The Balaban J connectivity index is 1.17. The van der Waals surface area contributed by atoms with Crippen molar-refractivity contribution in [3.63, 3.8) is 0 Å². The first-order chi connectivity index (χ1) is 24.5. The number of alkyl halides is 3. The van der Waals surface area contributed by atoms with Gasteiger partial charge < -0.3 is 26.0 Å². The monoisotopic (exact) mass is 741 g/mol. The fraction of sp³-hybridized carbons (Fsp3) is 0.333. The largest absolute Gasteiger partial charge is 0.454 e. The van der Waals surface area contributed by atoms with Crippen molar-refractivity contribution in [2.75, 3.05) is 30.3 Å². The third-order valence-electron chi connectivity index (χ3n) is 8.19. The molecule has 4 N–H and O–H groups in total. The van der Waals surface area contributed by atoms with E-state index in [9.17, 15) is 31.9 Å². The molecule has 1 aromatic heterocycles. The van der Waals surface area contributed by atoms with Gasteiger partial charge in [0.1, 0.15) is 5.82 Å². The standard InChI is InChI=1S/C36H36ClF4N7O4/c1-21-4-5-22(16-27(21)38)17-28(49)30(51)43-19-34(2,3)18-42-29(50)23-6-12-26(13-7-23)44-31-45-32(47-33(46-31)52-20-36(39,40)41)48-35(14-15-35)24-8-10-25(37)11-9-24/h4-13,16H,14-15,17-20H2,1-3H3,(H,42,50)(H,43,51)(H2,44,45,46,47,48). The fourth-order valence-corrected chi connectivity index (χ4v) is 5.15. The molecule has 0 saturated heterocycles. The molecule has 5 rings (SSSR count). The molecule has 0 aliphatic heterocycles. The van der Waals surface area contributed by atoms with Gasteiger partial charge in [0.2, 0.25) is 17.7 Å². The molecule has 3 aromatic carbocycles. The highest BCUT2D eigenvalue weighted by Gasteiger charge is 2.45. The molecule has 2 amide bonds. The van der Waals surface area contributed by atoms with Crippen LogP contribution in [-0.4, -0.2) is 58.4 Å². The highest BCUT2D eigenvalue weighted by molar-refractivity contribution is 6.36. The second-order valence-corrected chi connectivity index (χ2v) is 13.7. The van der Waals surface area contributed by atoms with Gasteiger partial charge in [-0.3, -0.25) is 14.4 Å². The molecule has 274 valence electrons. The second-order valence-electron chi connectivity index (χ2n) is 13.3. The smallest absolute Gasteiger partial charge is 0.422 e. The molecule has 0 bridgehead atoms. The van der Waals surface area contributed by atoms with Crippen LogP contribution in [-0.2, 0) is 21.5 Å². The number of carbonyl (C=O) groups is 3. The van der Waals surface area contributed by atoms with E-state index in [1.807, 2.05) is 12.1 Å². The molecule has 0 radical (unpaired) electrons. The maximum Gasteiger partial charge on any atom is 0.422 e. The minimum Gasteiger partial charge on any atom is -0.454 e. The molecule has 11 nitrogen and oxygen atoms in total. The minimum absolute atomic E-state index is 0.00273. The van der Waals surface area contributed by atoms with Crippen LogP contribution in [0.15, 0.2) is 66.7 Å². The highest BCUT2D eigenvalue weighted by Crippen LogP contribution is 2.48. The van der Waals surface area contributed by atoms with E-state index in [0.717, 1.165) is 18.4 Å². The molecule has 1 aliphatic carbocycles. The summed E-state index contributed by atoms with van der Waals surface area (Å²) in [6.07, 6.45) is -3.39. The normalized spacial score (nSPS) is 13.5. The number of ether oxygens (including phenoxy) is 1. The summed E-state index contributed by atoms with van der Waals surface area (Å²) in [6.45, 7) is 3.84. The Morgan fingerprint density at radius 2 is 1.54 bits per heavy atom. The number of rotatable bonds is 15. The quantitative estimate of drug-likeness (QED) is 0.0798. The van der Waals surface area contributed by atoms with E-state index >= 15 is 0 Å². The Kier molecular flexibility index (Phi) is 11.3. The molecule has 1 heterocycles. The lowest BCUT2D eigenvalue weighted by molar-refractivity contribution is -0.154. The number of amides is 2. The molecule has 0 atom stereocenters. The van der Waals surface area contributed by atoms with E-state index in [4.69, 9.17) is 16.3 Å². The highest BCUT2D eigenvalue weighted by atomic mass is 35.5. The average molecular weight is 742 g/mol. The SMILES string of the molecule is Cc1ccc(CC(=O)C(=O)NCC(C)(C)CNC(=O)c2ccc(Nc3nc(NC4(c5ccc(Cl)cc5)CC4)nc(OCC(F)(F)F)n3)cc2)cc1F. The van der Waals surface area contributed by atoms with Crippen LogP contribution < -0.4 is 26.0 Å². The molecular weight excluding hydrogens is 706 g/mol. The Bertz CT molecular complexity index is 1940. The summed E-state index contributed by atoms with van der Waals surface area (Å²) < 4.78 is 57.4. The van der Waals surface area contributed by atoms with Crippen molar-refractivity contribution in [1.29, 1.82) is 0 Å². The Hall–Kier alpha value is -5.31. The lowest BCUT2D eigenvalue weighted by Crippen LogP contribution is -2.44. The van der Waals surface area contributed by atoms with Crippen LogP contribution in [0.25, 0.3) is 0 Å². The van der Waals surface area contributed by atoms with Crippen LogP contribution in [0.1, 0.15) is 53.7 Å². The fourth-order valence-electron chi connectivity index (χ4n) is 5.02. The first kappa shape index (κ1) is 37.9. The van der Waals surface area contributed by atoms with E-state index in [-0.39, 0.29) is 31.4 Å². The second kappa shape index (κ2) is 15.5. The molecule has 52 heavy (non-hydrogen) atoms. The number of nitrogens with one attached hydrogen (secondary N) is 4. The maximum absolute atomic E-state index is 13.8. The van der Waals surface area contributed by atoms with Gasteiger partial charge in [0, 0.05) is 35.8 Å². The van der Waals surface area contributed by atoms with Crippen molar-refractivity contribution in [2.24, 2.45) is 5.41 Å². The number of benzene rings is 3. The number of aryl methyl sites for hydroxylation is 1. The number of carbonyl (C=O) groups excluding carboxylic acids is 3. The third-order valence-corrected chi connectivity index (χ3v) is 8.44. The van der Waals surface area contributed by atoms with Gasteiger partial charge in [-0.2, -0.15) is 28.1 Å². The Morgan fingerprint density at radius 1 is 0.885 bits per heavy atom. The van der Waals surface area contributed by atoms with Crippen molar-refractivity contribution in [2.45, 2.75) is 51.7 Å². The number of ketones is 1. The number of Topliss-reactive ketones (excluding diaryl/α,β-unsaturated/α-hetero) is 1. The molecule has 0 spiro atoms. The predicted octanol–water partition coefficient (Wildman–Crippen LogP) is 6.44. The number of halogens is 5. The van der Waals surface area contributed by atoms with Gasteiger partial charge in [0.25, 0.3) is 11.8 Å². The van der Waals surface area contributed by atoms with Gasteiger partial charge in [0.15, 0.2) is 6.61 Å². The third kappa shape index (κ3) is 10.6. The summed E-state index contributed by atoms with van der Waals surface area (Å²) in [5.41, 5.74) is 1.31. The first-order valence-corrected chi connectivity index (χ1v) is 16.6. The zero-order chi connectivity index (χ0) is 37.7. The summed E-state index contributed by atoms with van der Waals surface area (Å²) >= 11 is 6.03. The molecule has 1 aliphatic rings. The summed E-state index contributed by atoms with van der Waals surface area (Å²) in [5.74, 6) is -2.47. The molecule has 1 fully saturated rings. The Morgan fingerprint density at radius 3 is 2.17 bits per heavy atom. The van der Waals surface area contributed by atoms with Gasteiger partial charge in [0.05, 0.1) is 5.54 Å². The van der Waals surface area contributed by atoms with Gasteiger partial charge >= 0.3 is 12.2 Å². The van der Waals surface area contributed by atoms with E-state index in [2.05, 4.69) is 36.2 Å². The topological polar surface area (TPSA) is 147 Å². The minimum atomic E-state index is -4.61. The Labute approximate surface area is 301 Å². The van der Waals surface area contributed by atoms with Crippen LogP contribution in [0.3, 0.4) is 0 Å². The van der Waals surface area contributed by atoms with Gasteiger partial charge in [-0.05, 0) is 84.3 Å². The van der Waals surface area contributed by atoms with Gasteiger partial charge in [-0.1, -0.05) is 49.7 Å². The lowest BCUT2D eigenvalue weighted by Gasteiger charge is -2.25. The maximum atomic E-state index is 13.8. The summed E-state index contributed by atoms with van der Waals surface area (Å²) in [7, 11) is 0. The molecule has 4 aromatic rings.